The van der Waals surface area contributed by atoms with E-state index in [1.54, 1.807) is 18.5 Å². The summed E-state index contributed by atoms with van der Waals surface area (Å²) in [7, 11) is 0. The van der Waals surface area contributed by atoms with E-state index < -0.39 is 17.7 Å². The van der Waals surface area contributed by atoms with Gasteiger partial charge in [-0.3, -0.25) is 24.3 Å². The van der Waals surface area contributed by atoms with E-state index in [1.807, 2.05) is 6.07 Å². The normalized spacial score (nSPS) is 13.2. The zero-order valence-corrected chi connectivity index (χ0v) is 12.7. The van der Waals surface area contributed by atoms with Crippen LogP contribution < -0.4 is 5.32 Å². The molecule has 0 atom stereocenters. The molecule has 0 saturated carbocycles. The van der Waals surface area contributed by atoms with Crippen molar-refractivity contribution in [3.63, 3.8) is 0 Å². The molecule has 6 nitrogen and oxygen atoms in total. The Morgan fingerprint density at radius 3 is 2.70 bits per heavy atom. The molecular weight excluding hydrogens is 318 g/mol. The highest BCUT2D eigenvalue weighted by Gasteiger charge is 2.36. The predicted molar refractivity (Wildman–Crippen MR) is 82.9 cm³/mol. The molecule has 7 heteroatoms. The van der Waals surface area contributed by atoms with E-state index in [0.717, 1.165) is 10.5 Å². The molecule has 0 spiro atoms. The quantitative estimate of drug-likeness (QED) is 0.865. The highest BCUT2D eigenvalue weighted by Crippen LogP contribution is 2.25. The van der Waals surface area contributed by atoms with Gasteiger partial charge in [0.2, 0.25) is 5.91 Å². The number of aromatic nitrogens is 1. The van der Waals surface area contributed by atoms with Gasteiger partial charge in [0.1, 0.15) is 6.54 Å². The van der Waals surface area contributed by atoms with Crippen molar-refractivity contribution in [2.75, 3.05) is 6.54 Å². The summed E-state index contributed by atoms with van der Waals surface area (Å²) in [6, 6.07) is 8.04. The molecule has 1 aliphatic heterocycles. The van der Waals surface area contributed by atoms with Gasteiger partial charge in [-0.05, 0) is 29.8 Å². The molecule has 0 fully saturated rings. The maximum absolute atomic E-state index is 12.2. The number of amides is 3. The Kier molecular flexibility index (Phi) is 4.08. The van der Waals surface area contributed by atoms with Crippen LogP contribution in [0.15, 0.2) is 42.7 Å². The number of carbonyl (C=O) groups excluding carboxylic acids is 3. The fourth-order valence-electron chi connectivity index (χ4n) is 2.31. The lowest BCUT2D eigenvalue weighted by Gasteiger charge is -2.13. The molecule has 1 aromatic carbocycles. The summed E-state index contributed by atoms with van der Waals surface area (Å²) < 4.78 is 0. The Labute approximate surface area is 137 Å². The number of nitrogens with one attached hydrogen (secondary N) is 1. The molecule has 1 aromatic heterocycles. The molecule has 0 aliphatic carbocycles. The minimum atomic E-state index is -0.510. The monoisotopic (exact) mass is 329 g/mol. The van der Waals surface area contributed by atoms with E-state index in [2.05, 4.69) is 10.3 Å². The molecule has 3 amide bonds. The Morgan fingerprint density at radius 1 is 1.17 bits per heavy atom. The topological polar surface area (TPSA) is 79.4 Å². The Hall–Kier alpha value is -2.73. The molecule has 0 radical (unpaired) electrons. The standard InChI is InChI=1S/C16H12ClN3O3/c17-11-3-4-12-13(6-11)16(23)20(15(12)22)9-14(21)19-8-10-2-1-5-18-7-10/h1-7H,8-9H2,(H,19,21). The van der Waals surface area contributed by atoms with Crippen LogP contribution >= 0.6 is 11.6 Å². The molecule has 1 N–H and O–H groups in total. The van der Waals surface area contributed by atoms with Crippen molar-refractivity contribution in [3.8, 4) is 0 Å². The lowest BCUT2D eigenvalue weighted by atomic mass is 10.1. The van der Waals surface area contributed by atoms with Crippen LogP contribution in [0.1, 0.15) is 26.3 Å². The smallest absolute Gasteiger partial charge is 0.262 e. The van der Waals surface area contributed by atoms with Crippen LogP contribution in [0.2, 0.25) is 5.02 Å². The number of fused-ring (bicyclic) bond motifs is 1. The number of hydrogen-bond acceptors (Lipinski definition) is 4. The van der Waals surface area contributed by atoms with Gasteiger partial charge < -0.3 is 5.32 Å². The molecular formula is C16H12ClN3O3. The Balaban J connectivity index is 1.66. The zero-order chi connectivity index (χ0) is 16.4. The summed E-state index contributed by atoms with van der Waals surface area (Å²) in [5, 5.41) is 3.02. The first-order chi connectivity index (χ1) is 11.1. The SMILES string of the molecule is O=C(CN1C(=O)c2ccc(Cl)cc2C1=O)NCc1cccnc1. The fraction of sp³-hybridized carbons (Fsp3) is 0.125. The highest BCUT2D eigenvalue weighted by molar-refractivity contribution is 6.32. The van der Waals surface area contributed by atoms with Crippen LogP contribution in [-0.4, -0.2) is 34.2 Å². The van der Waals surface area contributed by atoms with Gasteiger partial charge in [0.25, 0.3) is 11.8 Å². The zero-order valence-electron chi connectivity index (χ0n) is 12.0. The van der Waals surface area contributed by atoms with Crippen LogP contribution in [0.25, 0.3) is 0 Å². The van der Waals surface area contributed by atoms with Crippen molar-refractivity contribution in [1.29, 1.82) is 0 Å². The van der Waals surface area contributed by atoms with E-state index in [-0.39, 0.29) is 24.2 Å². The molecule has 1 aliphatic rings. The molecule has 0 saturated heterocycles. The molecule has 116 valence electrons. The van der Waals surface area contributed by atoms with E-state index in [1.165, 1.54) is 18.2 Å². The number of pyridine rings is 1. The van der Waals surface area contributed by atoms with Crippen LogP contribution in [0, 0.1) is 0 Å². The van der Waals surface area contributed by atoms with Crippen LogP contribution in [0.5, 0.6) is 0 Å². The third-order valence-corrected chi connectivity index (χ3v) is 3.68. The first-order valence-corrected chi connectivity index (χ1v) is 7.25. The van der Waals surface area contributed by atoms with Gasteiger partial charge in [-0.1, -0.05) is 17.7 Å². The summed E-state index contributed by atoms with van der Waals surface area (Å²) in [5.41, 5.74) is 1.32. The Bertz CT molecular complexity index is 792. The number of rotatable bonds is 4. The fourth-order valence-corrected chi connectivity index (χ4v) is 2.48. The summed E-state index contributed by atoms with van der Waals surface area (Å²) in [6.45, 7) is -0.0497. The lowest BCUT2D eigenvalue weighted by molar-refractivity contribution is -0.121. The summed E-state index contributed by atoms with van der Waals surface area (Å²) in [6.07, 6.45) is 3.26. The van der Waals surface area contributed by atoms with Gasteiger partial charge in [-0.25, -0.2) is 0 Å². The van der Waals surface area contributed by atoms with Crippen molar-refractivity contribution in [2.24, 2.45) is 0 Å². The second kappa shape index (κ2) is 6.18. The molecule has 23 heavy (non-hydrogen) atoms. The highest BCUT2D eigenvalue weighted by atomic mass is 35.5. The number of halogens is 1. The average molecular weight is 330 g/mol. The molecule has 0 unspecified atom stereocenters. The van der Waals surface area contributed by atoms with Crippen molar-refractivity contribution in [3.05, 3.63) is 64.4 Å². The molecule has 0 bridgehead atoms. The number of benzene rings is 1. The average Bonchev–Trinajstić information content (AvgIpc) is 2.78. The van der Waals surface area contributed by atoms with E-state index in [9.17, 15) is 14.4 Å². The van der Waals surface area contributed by atoms with E-state index in [4.69, 9.17) is 11.6 Å². The van der Waals surface area contributed by atoms with Gasteiger partial charge in [0.05, 0.1) is 11.1 Å². The Morgan fingerprint density at radius 2 is 1.96 bits per heavy atom. The molecule has 2 heterocycles. The minimum absolute atomic E-state index is 0.225. The molecule has 3 rings (SSSR count). The van der Waals surface area contributed by atoms with Crippen molar-refractivity contribution >= 4 is 29.3 Å². The van der Waals surface area contributed by atoms with Crippen LogP contribution in [0.3, 0.4) is 0 Å². The van der Waals surface area contributed by atoms with E-state index >= 15 is 0 Å². The van der Waals surface area contributed by atoms with Gasteiger partial charge in [-0.15, -0.1) is 0 Å². The van der Waals surface area contributed by atoms with Gasteiger partial charge in [-0.2, -0.15) is 0 Å². The second-order valence-electron chi connectivity index (χ2n) is 5.02. The van der Waals surface area contributed by atoms with Crippen LogP contribution in [-0.2, 0) is 11.3 Å². The number of hydrogen-bond donors (Lipinski definition) is 1. The second-order valence-corrected chi connectivity index (χ2v) is 5.46. The number of imide groups is 1. The van der Waals surface area contributed by atoms with Gasteiger partial charge in [0.15, 0.2) is 0 Å². The summed E-state index contributed by atoms with van der Waals surface area (Å²) in [4.78, 5) is 41.3. The van der Waals surface area contributed by atoms with Gasteiger partial charge in [0, 0.05) is 24.0 Å². The minimum Gasteiger partial charge on any atom is -0.350 e. The lowest BCUT2D eigenvalue weighted by Crippen LogP contribution is -2.40. The van der Waals surface area contributed by atoms with E-state index in [0.29, 0.717) is 5.02 Å². The number of nitrogens with zero attached hydrogens (tertiary/aromatic N) is 2. The largest absolute Gasteiger partial charge is 0.350 e. The summed E-state index contributed by atoms with van der Waals surface area (Å²) >= 11 is 5.84. The predicted octanol–water partition coefficient (Wildman–Crippen LogP) is 1.65. The third kappa shape index (κ3) is 3.07. The van der Waals surface area contributed by atoms with Gasteiger partial charge >= 0.3 is 0 Å². The summed E-state index contributed by atoms with van der Waals surface area (Å²) in [5.74, 6) is -1.42. The third-order valence-electron chi connectivity index (χ3n) is 3.45. The van der Waals surface area contributed by atoms with Crippen LogP contribution in [0.4, 0.5) is 0 Å². The first kappa shape index (κ1) is 15.2. The molecule has 2 aromatic rings. The maximum atomic E-state index is 12.2. The first-order valence-electron chi connectivity index (χ1n) is 6.87. The number of carbonyl (C=O) groups is 3. The van der Waals surface area contributed by atoms with Crippen molar-refractivity contribution in [1.82, 2.24) is 15.2 Å². The van der Waals surface area contributed by atoms with Crippen molar-refractivity contribution < 1.29 is 14.4 Å². The van der Waals surface area contributed by atoms with Crippen molar-refractivity contribution in [2.45, 2.75) is 6.54 Å². The maximum Gasteiger partial charge on any atom is 0.262 e.